The SMILES string of the molecule is COC(=O)c1ccc(Oc2ccc(C)c([N+](=O)[O-])c2)cc1. The molecule has 108 valence electrons. The summed E-state index contributed by atoms with van der Waals surface area (Å²) in [5.41, 5.74) is 0.965. The van der Waals surface area contributed by atoms with Gasteiger partial charge in [-0.15, -0.1) is 0 Å². The molecule has 0 heterocycles. The van der Waals surface area contributed by atoms with E-state index in [-0.39, 0.29) is 5.69 Å². The van der Waals surface area contributed by atoms with Gasteiger partial charge in [-0.1, -0.05) is 0 Å². The number of rotatable bonds is 4. The summed E-state index contributed by atoms with van der Waals surface area (Å²) in [4.78, 5) is 21.7. The van der Waals surface area contributed by atoms with Crippen LogP contribution < -0.4 is 4.74 Å². The molecule has 0 atom stereocenters. The largest absolute Gasteiger partial charge is 0.465 e. The van der Waals surface area contributed by atoms with Crippen molar-refractivity contribution in [3.05, 3.63) is 63.7 Å². The smallest absolute Gasteiger partial charge is 0.337 e. The minimum Gasteiger partial charge on any atom is -0.465 e. The number of aryl methyl sites for hydroxylation is 1. The standard InChI is InChI=1S/C15H13NO5/c1-10-3-6-13(9-14(10)16(18)19)21-12-7-4-11(5-8-12)15(17)20-2/h3-9H,1-2H3. The average Bonchev–Trinajstić information content (AvgIpc) is 2.49. The number of nitrogens with zero attached hydrogens (tertiary/aromatic N) is 1. The summed E-state index contributed by atoms with van der Waals surface area (Å²) in [6.45, 7) is 1.66. The molecule has 0 saturated heterocycles. The number of hydrogen-bond acceptors (Lipinski definition) is 5. The van der Waals surface area contributed by atoms with Crippen molar-refractivity contribution < 1.29 is 19.2 Å². The third-order valence-electron chi connectivity index (χ3n) is 2.89. The van der Waals surface area contributed by atoms with Crippen LogP contribution in [0.25, 0.3) is 0 Å². The van der Waals surface area contributed by atoms with E-state index in [9.17, 15) is 14.9 Å². The molecule has 2 aromatic carbocycles. The molecule has 21 heavy (non-hydrogen) atoms. The van der Waals surface area contributed by atoms with Crippen molar-refractivity contribution in [1.29, 1.82) is 0 Å². The van der Waals surface area contributed by atoms with E-state index < -0.39 is 10.9 Å². The van der Waals surface area contributed by atoms with Crippen LogP contribution in [-0.2, 0) is 4.74 Å². The van der Waals surface area contributed by atoms with Crippen molar-refractivity contribution >= 4 is 11.7 Å². The first-order valence-electron chi connectivity index (χ1n) is 6.12. The van der Waals surface area contributed by atoms with E-state index in [2.05, 4.69) is 4.74 Å². The molecule has 0 N–H and O–H groups in total. The Morgan fingerprint density at radius 1 is 1.10 bits per heavy atom. The van der Waals surface area contributed by atoms with Crippen LogP contribution in [0.2, 0.25) is 0 Å². The summed E-state index contributed by atoms with van der Waals surface area (Å²) in [6.07, 6.45) is 0. The zero-order chi connectivity index (χ0) is 15.4. The van der Waals surface area contributed by atoms with Gasteiger partial charge in [-0.05, 0) is 43.3 Å². The molecule has 0 aliphatic heterocycles. The van der Waals surface area contributed by atoms with E-state index in [1.165, 1.54) is 13.2 Å². The van der Waals surface area contributed by atoms with E-state index in [0.29, 0.717) is 22.6 Å². The first-order chi connectivity index (χ1) is 10.0. The predicted octanol–water partition coefficient (Wildman–Crippen LogP) is 3.48. The third-order valence-corrected chi connectivity index (χ3v) is 2.89. The summed E-state index contributed by atoms with van der Waals surface area (Å²) in [6, 6.07) is 10.9. The minimum atomic E-state index is -0.456. The number of nitro benzene ring substituents is 1. The summed E-state index contributed by atoms with van der Waals surface area (Å²) in [5, 5.41) is 10.9. The summed E-state index contributed by atoms with van der Waals surface area (Å²) in [5.74, 6) is 0.395. The van der Waals surface area contributed by atoms with Crippen LogP contribution in [-0.4, -0.2) is 18.0 Å². The van der Waals surface area contributed by atoms with Crippen molar-refractivity contribution in [2.24, 2.45) is 0 Å². The first-order valence-corrected chi connectivity index (χ1v) is 6.12. The third kappa shape index (κ3) is 3.36. The van der Waals surface area contributed by atoms with Gasteiger partial charge in [-0.3, -0.25) is 10.1 Å². The second kappa shape index (κ2) is 6.04. The molecule has 6 heteroatoms. The van der Waals surface area contributed by atoms with Crippen LogP contribution in [0.15, 0.2) is 42.5 Å². The molecule has 0 saturated carbocycles. The van der Waals surface area contributed by atoms with E-state index in [0.717, 1.165) is 0 Å². The number of benzene rings is 2. The number of methoxy groups -OCH3 is 1. The van der Waals surface area contributed by atoms with Gasteiger partial charge in [-0.25, -0.2) is 4.79 Å². The van der Waals surface area contributed by atoms with E-state index in [1.54, 1.807) is 43.3 Å². The van der Waals surface area contributed by atoms with Crippen LogP contribution in [0.1, 0.15) is 15.9 Å². The van der Waals surface area contributed by atoms with Crippen LogP contribution in [0.5, 0.6) is 11.5 Å². The van der Waals surface area contributed by atoms with Gasteiger partial charge < -0.3 is 9.47 Å². The second-order valence-electron chi connectivity index (χ2n) is 4.32. The quantitative estimate of drug-likeness (QED) is 0.488. The molecule has 0 unspecified atom stereocenters. The highest BCUT2D eigenvalue weighted by molar-refractivity contribution is 5.89. The van der Waals surface area contributed by atoms with Gasteiger partial charge >= 0.3 is 5.97 Å². The van der Waals surface area contributed by atoms with Crippen LogP contribution in [0.4, 0.5) is 5.69 Å². The van der Waals surface area contributed by atoms with Crippen molar-refractivity contribution in [2.45, 2.75) is 6.92 Å². The summed E-state index contributed by atoms with van der Waals surface area (Å²) < 4.78 is 10.1. The van der Waals surface area contributed by atoms with E-state index in [1.807, 2.05) is 0 Å². The van der Waals surface area contributed by atoms with Gasteiger partial charge in [0, 0.05) is 5.56 Å². The molecule has 2 aromatic rings. The molecule has 0 bridgehead atoms. The molecule has 0 radical (unpaired) electrons. The van der Waals surface area contributed by atoms with Gasteiger partial charge in [0.05, 0.1) is 23.7 Å². The maximum Gasteiger partial charge on any atom is 0.337 e. The van der Waals surface area contributed by atoms with E-state index in [4.69, 9.17) is 4.74 Å². The Morgan fingerprint density at radius 2 is 1.71 bits per heavy atom. The van der Waals surface area contributed by atoms with Gasteiger partial charge in [0.2, 0.25) is 0 Å². The number of carbonyl (C=O) groups is 1. The van der Waals surface area contributed by atoms with Gasteiger partial charge in [0.1, 0.15) is 11.5 Å². The Hall–Kier alpha value is -2.89. The lowest BCUT2D eigenvalue weighted by Crippen LogP contribution is -2.00. The fraction of sp³-hybridized carbons (Fsp3) is 0.133. The highest BCUT2D eigenvalue weighted by atomic mass is 16.6. The zero-order valence-corrected chi connectivity index (χ0v) is 11.5. The summed E-state index contributed by atoms with van der Waals surface area (Å²) >= 11 is 0. The zero-order valence-electron chi connectivity index (χ0n) is 11.5. The Balaban J connectivity index is 2.20. The van der Waals surface area contributed by atoms with Crippen molar-refractivity contribution in [2.75, 3.05) is 7.11 Å². The Kier molecular flexibility index (Phi) is 4.18. The number of ether oxygens (including phenoxy) is 2. The predicted molar refractivity (Wildman–Crippen MR) is 75.7 cm³/mol. The first kappa shape index (κ1) is 14.5. The molecule has 0 amide bonds. The maximum atomic E-state index is 11.3. The molecular formula is C15H13NO5. The highest BCUT2D eigenvalue weighted by Crippen LogP contribution is 2.28. The van der Waals surface area contributed by atoms with Gasteiger partial charge in [0.25, 0.3) is 5.69 Å². The van der Waals surface area contributed by atoms with Gasteiger partial charge in [0.15, 0.2) is 0 Å². The number of carbonyl (C=O) groups excluding carboxylic acids is 1. The number of esters is 1. The summed E-state index contributed by atoms with van der Waals surface area (Å²) in [7, 11) is 1.30. The van der Waals surface area contributed by atoms with E-state index >= 15 is 0 Å². The van der Waals surface area contributed by atoms with Crippen molar-refractivity contribution in [3.8, 4) is 11.5 Å². The van der Waals surface area contributed by atoms with Crippen LogP contribution in [0, 0.1) is 17.0 Å². The molecule has 0 spiro atoms. The lowest BCUT2D eigenvalue weighted by Gasteiger charge is -2.07. The lowest BCUT2D eigenvalue weighted by atomic mass is 10.2. The fourth-order valence-corrected chi connectivity index (χ4v) is 1.76. The Bertz CT molecular complexity index is 679. The van der Waals surface area contributed by atoms with Crippen molar-refractivity contribution in [1.82, 2.24) is 0 Å². The highest BCUT2D eigenvalue weighted by Gasteiger charge is 2.12. The molecule has 0 fully saturated rings. The Morgan fingerprint density at radius 3 is 2.29 bits per heavy atom. The Labute approximate surface area is 121 Å². The number of nitro groups is 1. The number of hydrogen-bond donors (Lipinski definition) is 0. The van der Waals surface area contributed by atoms with Crippen LogP contribution in [0.3, 0.4) is 0 Å². The topological polar surface area (TPSA) is 78.7 Å². The van der Waals surface area contributed by atoms with Crippen molar-refractivity contribution in [3.63, 3.8) is 0 Å². The normalized spacial score (nSPS) is 10.0. The molecule has 0 aromatic heterocycles. The molecule has 2 rings (SSSR count). The van der Waals surface area contributed by atoms with Crippen LogP contribution >= 0.6 is 0 Å². The lowest BCUT2D eigenvalue weighted by molar-refractivity contribution is -0.385. The van der Waals surface area contributed by atoms with Gasteiger partial charge in [-0.2, -0.15) is 0 Å². The average molecular weight is 287 g/mol. The monoisotopic (exact) mass is 287 g/mol. The molecule has 0 aliphatic carbocycles. The maximum absolute atomic E-state index is 11.3. The molecule has 6 nitrogen and oxygen atoms in total. The fourth-order valence-electron chi connectivity index (χ4n) is 1.76. The molecular weight excluding hydrogens is 274 g/mol. The second-order valence-corrected chi connectivity index (χ2v) is 4.32. The molecule has 0 aliphatic rings. The minimum absolute atomic E-state index is 0.00122.